The van der Waals surface area contributed by atoms with Crippen LogP contribution in [0.2, 0.25) is 0 Å². The maximum Gasteiger partial charge on any atom is 0.240 e. The largest absolute Gasteiger partial charge is 0.342 e. The molecule has 0 radical (unpaired) electrons. The van der Waals surface area contributed by atoms with Crippen molar-refractivity contribution in [2.75, 3.05) is 26.2 Å². The minimum absolute atomic E-state index is 0.303. The van der Waals surface area contributed by atoms with Crippen LogP contribution in [0.4, 0.5) is 0 Å². The molecule has 2 aliphatic heterocycles. The second-order valence-electron chi connectivity index (χ2n) is 7.39. The summed E-state index contributed by atoms with van der Waals surface area (Å²) < 4.78 is 5.36. The van der Waals surface area contributed by atoms with Crippen molar-refractivity contribution in [2.24, 2.45) is 5.41 Å². The quantitative estimate of drug-likeness (QED) is 0.852. The Morgan fingerprint density at radius 2 is 2.00 bits per heavy atom. The summed E-state index contributed by atoms with van der Waals surface area (Å²) in [4.78, 5) is 20.8. The molecular formula is C17H28N4O2. The molecular weight excluding hydrogens is 292 g/mol. The standard InChI is InChI=1S/C17H28N4O2/c1-4-21-12-17(6-5-15(21)22)7-9-20(10-8-17)11-14-18-16(13(2)3)19-23-14/h13H,4-12H2,1-3H3. The monoisotopic (exact) mass is 320 g/mol. The van der Waals surface area contributed by atoms with Crippen molar-refractivity contribution >= 4 is 5.91 Å². The Morgan fingerprint density at radius 3 is 2.61 bits per heavy atom. The van der Waals surface area contributed by atoms with Crippen molar-refractivity contribution in [3.8, 4) is 0 Å². The Bertz CT molecular complexity index is 547. The minimum atomic E-state index is 0.303. The van der Waals surface area contributed by atoms with E-state index in [-0.39, 0.29) is 0 Å². The molecule has 1 spiro atoms. The smallest absolute Gasteiger partial charge is 0.240 e. The first-order valence-corrected chi connectivity index (χ1v) is 8.84. The van der Waals surface area contributed by atoms with E-state index in [4.69, 9.17) is 4.52 Å². The first-order valence-electron chi connectivity index (χ1n) is 8.84. The SMILES string of the molecule is CCN1CC2(CCC1=O)CCN(Cc1nc(C(C)C)no1)CC2. The Morgan fingerprint density at radius 1 is 1.26 bits per heavy atom. The van der Waals surface area contributed by atoms with Gasteiger partial charge in [-0.25, -0.2) is 0 Å². The molecule has 0 aromatic carbocycles. The van der Waals surface area contributed by atoms with Crippen molar-refractivity contribution in [1.82, 2.24) is 19.9 Å². The third-order valence-electron chi connectivity index (χ3n) is 5.41. The zero-order valence-corrected chi connectivity index (χ0v) is 14.5. The van der Waals surface area contributed by atoms with Crippen LogP contribution >= 0.6 is 0 Å². The highest BCUT2D eigenvalue weighted by molar-refractivity contribution is 5.77. The molecule has 6 heteroatoms. The van der Waals surface area contributed by atoms with E-state index in [0.29, 0.717) is 17.2 Å². The zero-order valence-electron chi connectivity index (χ0n) is 14.5. The second kappa shape index (κ2) is 6.59. The summed E-state index contributed by atoms with van der Waals surface area (Å²) in [6.45, 7) is 10.8. The van der Waals surface area contributed by atoms with Gasteiger partial charge in [0.2, 0.25) is 11.8 Å². The van der Waals surface area contributed by atoms with E-state index in [9.17, 15) is 4.79 Å². The summed E-state index contributed by atoms with van der Waals surface area (Å²) in [6.07, 6.45) is 4.08. The van der Waals surface area contributed by atoms with Crippen molar-refractivity contribution in [3.05, 3.63) is 11.7 Å². The summed E-state index contributed by atoms with van der Waals surface area (Å²) >= 11 is 0. The summed E-state index contributed by atoms with van der Waals surface area (Å²) in [5.74, 6) is 2.14. The van der Waals surface area contributed by atoms with E-state index < -0.39 is 0 Å². The number of rotatable bonds is 4. The van der Waals surface area contributed by atoms with Gasteiger partial charge in [0.15, 0.2) is 5.82 Å². The van der Waals surface area contributed by atoms with Crippen LogP contribution in [0, 0.1) is 5.41 Å². The van der Waals surface area contributed by atoms with E-state index in [1.165, 1.54) is 0 Å². The third kappa shape index (κ3) is 3.57. The summed E-state index contributed by atoms with van der Waals surface area (Å²) in [7, 11) is 0. The van der Waals surface area contributed by atoms with Gasteiger partial charge in [0.25, 0.3) is 0 Å². The number of carbonyl (C=O) groups excluding carboxylic acids is 1. The Hall–Kier alpha value is -1.43. The fourth-order valence-electron chi connectivity index (χ4n) is 3.74. The molecule has 1 amide bonds. The van der Waals surface area contributed by atoms with Crippen LogP contribution in [0.25, 0.3) is 0 Å². The van der Waals surface area contributed by atoms with Crippen LogP contribution in [-0.4, -0.2) is 52.0 Å². The van der Waals surface area contributed by atoms with Gasteiger partial charge < -0.3 is 9.42 Å². The van der Waals surface area contributed by atoms with Crippen molar-refractivity contribution < 1.29 is 9.32 Å². The summed E-state index contributed by atoms with van der Waals surface area (Å²) in [6, 6.07) is 0. The fraction of sp³-hybridized carbons (Fsp3) is 0.824. The number of carbonyl (C=O) groups is 1. The molecule has 2 aliphatic rings. The predicted molar refractivity (Wildman–Crippen MR) is 86.8 cm³/mol. The normalized spacial score (nSPS) is 22.3. The Balaban J connectivity index is 1.54. The van der Waals surface area contributed by atoms with Crippen molar-refractivity contribution in [2.45, 2.75) is 58.9 Å². The van der Waals surface area contributed by atoms with Crippen LogP contribution in [0.15, 0.2) is 4.52 Å². The molecule has 3 rings (SSSR count). The van der Waals surface area contributed by atoms with Gasteiger partial charge in [0.05, 0.1) is 6.54 Å². The molecule has 0 aliphatic carbocycles. The van der Waals surface area contributed by atoms with Crippen molar-refractivity contribution in [1.29, 1.82) is 0 Å². The molecule has 128 valence electrons. The highest BCUT2D eigenvalue weighted by Crippen LogP contribution is 2.40. The molecule has 1 aromatic heterocycles. The lowest BCUT2D eigenvalue weighted by atomic mass is 9.72. The van der Waals surface area contributed by atoms with Gasteiger partial charge in [-0.05, 0) is 44.7 Å². The molecule has 2 saturated heterocycles. The number of piperidine rings is 2. The molecule has 1 aromatic rings. The van der Waals surface area contributed by atoms with Crippen LogP contribution in [0.3, 0.4) is 0 Å². The highest BCUT2D eigenvalue weighted by Gasteiger charge is 2.40. The number of hydrogen-bond acceptors (Lipinski definition) is 5. The van der Waals surface area contributed by atoms with E-state index in [1.807, 2.05) is 4.90 Å². The van der Waals surface area contributed by atoms with Gasteiger partial charge in [-0.1, -0.05) is 19.0 Å². The van der Waals surface area contributed by atoms with Gasteiger partial charge in [0.1, 0.15) is 0 Å². The van der Waals surface area contributed by atoms with Gasteiger partial charge in [0, 0.05) is 25.4 Å². The van der Waals surface area contributed by atoms with Crippen LogP contribution < -0.4 is 0 Å². The predicted octanol–water partition coefficient (Wildman–Crippen LogP) is 2.42. The van der Waals surface area contributed by atoms with Gasteiger partial charge in [-0.2, -0.15) is 4.98 Å². The average Bonchev–Trinajstić information content (AvgIpc) is 3.01. The van der Waals surface area contributed by atoms with E-state index in [1.54, 1.807) is 0 Å². The lowest BCUT2D eigenvalue weighted by Crippen LogP contribution is -2.51. The minimum Gasteiger partial charge on any atom is -0.342 e. The van der Waals surface area contributed by atoms with Gasteiger partial charge >= 0.3 is 0 Å². The Labute approximate surface area is 138 Å². The van der Waals surface area contributed by atoms with E-state index in [0.717, 1.165) is 70.1 Å². The van der Waals surface area contributed by atoms with Gasteiger partial charge in [-0.3, -0.25) is 9.69 Å². The molecule has 0 atom stereocenters. The van der Waals surface area contributed by atoms with Crippen LogP contribution in [-0.2, 0) is 11.3 Å². The zero-order chi connectivity index (χ0) is 16.4. The molecule has 0 bridgehead atoms. The second-order valence-corrected chi connectivity index (χ2v) is 7.39. The Kier molecular flexibility index (Phi) is 4.71. The van der Waals surface area contributed by atoms with E-state index in [2.05, 4.69) is 35.8 Å². The van der Waals surface area contributed by atoms with Crippen molar-refractivity contribution in [3.63, 3.8) is 0 Å². The molecule has 23 heavy (non-hydrogen) atoms. The summed E-state index contributed by atoms with van der Waals surface area (Å²) in [5.41, 5.74) is 0.332. The maximum atomic E-state index is 11.9. The lowest BCUT2D eigenvalue weighted by Gasteiger charge is -2.47. The molecule has 3 heterocycles. The molecule has 0 N–H and O–H groups in total. The number of likely N-dealkylation sites (tertiary alicyclic amines) is 2. The third-order valence-corrected chi connectivity index (χ3v) is 5.41. The van der Waals surface area contributed by atoms with Crippen LogP contribution in [0.5, 0.6) is 0 Å². The first-order chi connectivity index (χ1) is 11.0. The number of nitrogens with zero attached hydrogens (tertiary/aromatic N) is 4. The topological polar surface area (TPSA) is 62.5 Å². The number of hydrogen-bond donors (Lipinski definition) is 0. The summed E-state index contributed by atoms with van der Waals surface area (Å²) in [5, 5.41) is 4.04. The molecule has 6 nitrogen and oxygen atoms in total. The average molecular weight is 320 g/mol. The number of amides is 1. The maximum absolute atomic E-state index is 11.9. The molecule has 2 fully saturated rings. The van der Waals surface area contributed by atoms with E-state index >= 15 is 0 Å². The van der Waals surface area contributed by atoms with Crippen LogP contribution in [0.1, 0.15) is 64.1 Å². The molecule has 0 unspecified atom stereocenters. The molecule has 0 saturated carbocycles. The lowest BCUT2D eigenvalue weighted by molar-refractivity contribution is -0.138. The highest BCUT2D eigenvalue weighted by atomic mass is 16.5. The first kappa shape index (κ1) is 16.4. The fourth-order valence-corrected chi connectivity index (χ4v) is 3.74. The number of aromatic nitrogens is 2. The van der Waals surface area contributed by atoms with Gasteiger partial charge in [-0.15, -0.1) is 0 Å².